The van der Waals surface area contributed by atoms with Crippen molar-refractivity contribution in [2.24, 2.45) is 0 Å². The van der Waals surface area contributed by atoms with Crippen molar-refractivity contribution in [2.75, 3.05) is 45.7 Å². The highest BCUT2D eigenvalue weighted by molar-refractivity contribution is 5.89. The van der Waals surface area contributed by atoms with Crippen molar-refractivity contribution in [1.82, 2.24) is 9.80 Å². The largest absolute Gasteiger partial charge is 0.457 e. The SMILES string of the molecule is Cc1cccc(Oc2ccc(NC(=O)N(CCN(C)C)CC3CCCO3)cc2)c1. The van der Waals surface area contributed by atoms with Gasteiger partial charge in [-0.1, -0.05) is 12.1 Å². The molecule has 1 unspecified atom stereocenters. The summed E-state index contributed by atoms with van der Waals surface area (Å²) in [5.41, 5.74) is 1.89. The van der Waals surface area contributed by atoms with E-state index in [1.54, 1.807) is 0 Å². The quantitative estimate of drug-likeness (QED) is 0.719. The van der Waals surface area contributed by atoms with E-state index in [4.69, 9.17) is 9.47 Å². The van der Waals surface area contributed by atoms with E-state index < -0.39 is 0 Å². The summed E-state index contributed by atoms with van der Waals surface area (Å²) in [5, 5.41) is 3.00. The molecule has 1 atom stereocenters. The van der Waals surface area contributed by atoms with E-state index in [0.717, 1.165) is 48.7 Å². The first-order valence-corrected chi connectivity index (χ1v) is 10.2. The van der Waals surface area contributed by atoms with Crippen molar-refractivity contribution >= 4 is 11.7 Å². The Morgan fingerprint density at radius 3 is 2.59 bits per heavy atom. The topological polar surface area (TPSA) is 54.0 Å². The van der Waals surface area contributed by atoms with Gasteiger partial charge in [-0.3, -0.25) is 0 Å². The molecule has 0 radical (unpaired) electrons. The molecule has 1 N–H and O–H groups in total. The number of ether oxygens (including phenoxy) is 2. The van der Waals surface area contributed by atoms with Crippen LogP contribution < -0.4 is 10.1 Å². The summed E-state index contributed by atoms with van der Waals surface area (Å²) in [5.74, 6) is 1.53. The molecule has 1 aliphatic heterocycles. The Labute approximate surface area is 173 Å². The fourth-order valence-electron chi connectivity index (χ4n) is 3.25. The number of rotatable bonds is 8. The molecule has 0 aliphatic carbocycles. The summed E-state index contributed by atoms with van der Waals surface area (Å²) in [6, 6.07) is 15.3. The number of hydrogen-bond donors (Lipinski definition) is 1. The molecule has 6 nitrogen and oxygen atoms in total. The molecule has 0 saturated carbocycles. The molecular formula is C23H31N3O3. The molecule has 2 aromatic rings. The maximum absolute atomic E-state index is 12.8. The number of aryl methyl sites for hydroxylation is 1. The van der Waals surface area contributed by atoms with Crippen molar-refractivity contribution in [2.45, 2.75) is 25.9 Å². The number of amides is 2. The normalized spacial score (nSPS) is 16.1. The second-order valence-electron chi connectivity index (χ2n) is 7.76. The van der Waals surface area contributed by atoms with Gasteiger partial charge in [-0.2, -0.15) is 0 Å². The van der Waals surface area contributed by atoms with Gasteiger partial charge in [0.25, 0.3) is 0 Å². The van der Waals surface area contributed by atoms with Crippen LogP contribution in [0.3, 0.4) is 0 Å². The van der Waals surface area contributed by atoms with Gasteiger partial charge in [-0.15, -0.1) is 0 Å². The molecule has 0 spiro atoms. The lowest BCUT2D eigenvalue weighted by Gasteiger charge is -2.27. The van der Waals surface area contributed by atoms with Crippen LogP contribution in [0.5, 0.6) is 11.5 Å². The second kappa shape index (κ2) is 10.3. The minimum atomic E-state index is -0.102. The van der Waals surface area contributed by atoms with Gasteiger partial charge in [0.05, 0.1) is 6.10 Å². The lowest BCUT2D eigenvalue weighted by atomic mass is 10.2. The van der Waals surface area contributed by atoms with Crippen LogP contribution in [0.4, 0.5) is 10.5 Å². The molecule has 1 aliphatic rings. The van der Waals surface area contributed by atoms with Crippen LogP contribution in [-0.2, 0) is 4.74 Å². The third kappa shape index (κ3) is 6.76. The van der Waals surface area contributed by atoms with E-state index in [9.17, 15) is 4.79 Å². The highest BCUT2D eigenvalue weighted by Gasteiger charge is 2.22. The minimum Gasteiger partial charge on any atom is -0.457 e. The number of carbonyl (C=O) groups is 1. The zero-order valence-electron chi connectivity index (χ0n) is 17.6. The Morgan fingerprint density at radius 1 is 1.14 bits per heavy atom. The molecule has 2 amide bonds. The van der Waals surface area contributed by atoms with Crippen molar-refractivity contribution in [1.29, 1.82) is 0 Å². The minimum absolute atomic E-state index is 0.102. The predicted octanol–water partition coefficient (Wildman–Crippen LogP) is 4.36. The first kappa shape index (κ1) is 21.1. The molecule has 0 bridgehead atoms. The van der Waals surface area contributed by atoms with Crippen molar-refractivity contribution in [3.63, 3.8) is 0 Å². The first-order chi connectivity index (χ1) is 14.0. The average molecular weight is 398 g/mol. The molecule has 0 aromatic heterocycles. The summed E-state index contributed by atoms with van der Waals surface area (Å²) in [6.07, 6.45) is 2.21. The van der Waals surface area contributed by atoms with Gasteiger partial charge in [-0.05, 0) is 75.8 Å². The Morgan fingerprint density at radius 2 is 1.93 bits per heavy atom. The Bertz CT molecular complexity index is 786. The number of nitrogens with zero attached hydrogens (tertiary/aromatic N) is 2. The molecule has 1 fully saturated rings. The summed E-state index contributed by atoms with van der Waals surface area (Å²) < 4.78 is 11.6. The molecule has 2 aromatic carbocycles. The molecule has 156 valence electrons. The summed E-state index contributed by atoms with van der Waals surface area (Å²) >= 11 is 0. The third-order valence-electron chi connectivity index (χ3n) is 4.88. The second-order valence-corrected chi connectivity index (χ2v) is 7.76. The van der Waals surface area contributed by atoms with Gasteiger partial charge in [0.1, 0.15) is 11.5 Å². The Hall–Kier alpha value is -2.57. The summed E-state index contributed by atoms with van der Waals surface area (Å²) in [6.45, 7) is 4.91. The molecule has 6 heteroatoms. The van der Waals surface area contributed by atoms with Gasteiger partial charge in [0.2, 0.25) is 0 Å². The van der Waals surface area contributed by atoms with Crippen LogP contribution in [0, 0.1) is 6.92 Å². The average Bonchev–Trinajstić information content (AvgIpc) is 3.20. The van der Waals surface area contributed by atoms with Gasteiger partial charge >= 0.3 is 6.03 Å². The number of urea groups is 1. The monoisotopic (exact) mass is 397 g/mol. The predicted molar refractivity (Wildman–Crippen MR) is 116 cm³/mol. The standard InChI is InChI=1S/C23H31N3O3/c1-18-6-4-7-21(16-18)29-20-11-9-19(10-12-20)24-23(27)26(14-13-25(2)3)17-22-8-5-15-28-22/h4,6-7,9-12,16,22H,5,8,13-15,17H2,1-3H3,(H,24,27). The maximum atomic E-state index is 12.8. The lowest BCUT2D eigenvalue weighted by molar-refractivity contribution is 0.0820. The molecule has 3 rings (SSSR count). The van der Waals surface area contributed by atoms with Crippen molar-refractivity contribution in [3.05, 3.63) is 54.1 Å². The fraction of sp³-hybridized carbons (Fsp3) is 0.435. The maximum Gasteiger partial charge on any atom is 0.321 e. The van der Waals surface area contributed by atoms with Crippen LogP contribution in [0.25, 0.3) is 0 Å². The number of nitrogens with one attached hydrogen (secondary N) is 1. The van der Waals surface area contributed by atoms with Gasteiger partial charge in [-0.25, -0.2) is 4.79 Å². The lowest BCUT2D eigenvalue weighted by Crippen LogP contribution is -2.43. The van der Waals surface area contributed by atoms with E-state index in [1.807, 2.05) is 74.4 Å². The van der Waals surface area contributed by atoms with E-state index in [-0.39, 0.29) is 12.1 Å². The van der Waals surface area contributed by atoms with E-state index in [2.05, 4.69) is 10.2 Å². The highest BCUT2D eigenvalue weighted by Crippen LogP contribution is 2.24. The van der Waals surface area contributed by atoms with Gasteiger partial charge < -0.3 is 24.6 Å². The zero-order chi connectivity index (χ0) is 20.6. The molecule has 1 heterocycles. The third-order valence-corrected chi connectivity index (χ3v) is 4.88. The zero-order valence-corrected chi connectivity index (χ0v) is 17.6. The highest BCUT2D eigenvalue weighted by atomic mass is 16.5. The smallest absolute Gasteiger partial charge is 0.321 e. The first-order valence-electron chi connectivity index (χ1n) is 10.2. The van der Waals surface area contributed by atoms with E-state index in [1.165, 1.54) is 0 Å². The summed E-state index contributed by atoms with van der Waals surface area (Å²) in [7, 11) is 4.02. The number of benzene rings is 2. The number of likely N-dealkylation sites (N-methyl/N-ethyl adjacent to an activating group) is 1. The van der Waals surface area contributed by atoms with Crippen LogP contribution >= 0.6 is 0 Å². The van der Waals surface area contributed by atoms with Crippen LogP contribution in [0.15, 0.2) is 48.5 Å². The van der Waals surface area contributed by atoms with E-state index in [0.29, 0.717) is 13.1 Å². The number of hydrogen-bond acceptors (Lipinski definition) is 4. The Balaban J connectivity index is 1.59. The molecule has 29 heavy (non-hydrogen) atoms. The number of anilines is 1. The Kier molecular flexibility index (Phi) is 7.49. The van der Waals surface area contributed by atoms with Gasteiger partial charge in [0, 0.05) is 31.9 Å². The van der Waals surface area contributed by atoms with E-state index >= 15 is 0 Å². The van der Waals surface area contributed by atoms with Gasteiger partial charge in [0.15, 0.2) is 0 Å². The van der Waals surface area contributed by atoms with Crippen LogP contribution in [-0.4, -0.2) is 62.3 Å². The fourth-order valence-corrected chi connectivity index (χ4v) is 3.25. The van der Waals surface area contributed by atoms with Crippen molar-refractivity contribution < 1.29 is 14.3 Å². The van der Waals surface area contributed by atoms with Crippen LogP contribution in [0.1, 0.15) is 18.4 Å². The van der Waals surface area contributed by atoms with Crippen molar-refractivity contribution in [3.8, 4) is 11.5 Å². The number of carbonyl (C=O) groups excluding carboxylic acids is 1. The molecule has 1 saturated heterocycles. The van der Waals surface area contributed by atoms with Crippen LogP contribution in [0.2, 0.25) is 0 Å². The summed E-state index contributed by atoms with van der Waals surface area (Å²) in [4.78, 5) is 16.8. The molecular weight excluding hydrogens is 366 g/mol.